The number of nitrogens with one attached hydrogen (secondary N) is 1. The molecule has 5 heteroatoms. The van der Waals surface area contributed by atoms with Gasteiger partial charge in [0.05, 0.1) is 24.9 Å². The van der Waals surface area contributed by atoms with E-state index in [-0.39, 0.29) is 17.6 Å². The number of methoxy groups -OCH3 is 1. The average Bonchev–Trinajstić information content (AvgIpc) is 3.26. The van der Waals surface area contributed by atoms with Crippen LogP contribution in [0.25, 0.3) is 10.9 Å². The zero-order valence-electron chi connectivity index (χ0n) is 12.7. The van der Waals surface area contributed by atoms with Crippen LogP contribution >= 0.6 is 0 Å². The van der Waals surface area contributed by atoms with Gasteiger partial charge in [0, 0.05) is 37.4 Å². The third-order valence-electron chi connectivity index (χ3n) is 4.91. The number of aromatic amines is 1. The first kappa shape index (κ1) is 13.8. The zero-order valence-corrected chi connectivity index (χ0v) is 12.7. The molecule has 0 bridgehead atoms. The molecular weight excluding hydrogens is 280 g/mol. The minimum Gasteiger partial charge on any atom is -0.379 e. The van der Waals surface area contributed by atoms with E-state index in [0.29, 0.717) is 13.2 Å². The van der Waals surface area contributed by atoms with E-state index in [1.807, 2.05) is 35.4 Å². The Labute approximate surface area is 129 Å². The van der Waals surface area contributed by atoms with E-state index < -0.39 is 0 Å². The monoisotopic (exact) mass is 300 g/mol. The van der Waals surface area contributed by atoms with Gasteiger partial charge in [0.25, 0.3) is 5.91 Å². The van der Waals surface area contributed by atoms with Gasteiger partial charge in [0.1, 0.15) is 0 Å². The summed E-state index contributed by atoms with van der Waals surface area (Å²) in [5, 5.41) is 1.12. The Balaban J connectivity index is 1.51. The lowest BCUT2D eigenvalue weighted by Gasteiger charge is -2.23. The second-order valence-electron chi connectivity index (χ2n) is 6.31. The van der Waals surface area contributed by atoms with E-state index in [2.05, 4.69) is 4.98 Å². The number of benzene rings is 1. The van der Waals surface area contributed by atoms with Crippen molar-refractivity contribution in [1.82, 2.24) is 9.88 Å². The summed E-state index contributed by atoms with van der Waals surface area (Å²) in [5.41, 5.74) is 1.52. The Morgan fingerprint density at radius 3 is 3.18 bits per heavy atom. The summed E-state index contributed by atoms with van der Waals surface area (Å²) in [4.78, 5) is 17.8. The van der Waals surface area contributed by atoms with E-state index in [0.717, 1.165) is 35.9 Å². The standard InChI is InChI=1S/C17H20N2O3/c1-21-14-9-17(22-10-14)5-7-19(11-17)16(20)13-3-2-12-4-6-18-15(12)8-13/h2-4,6,8,14,18H,5,7,9-11H2,1H3. The predicted octanol–water partition coefficient (Wildman–Crippen LogP) is 2.19. The molecule has 1 N–H and O–H groups in total. The van der Waals surface area contributed by atoms with E-state index in [9.17, 15) is 4.79 Å². The van der Waals surface area contributed by atoms with E-state index >= 15 is 0 Å². The Kier molecular flexibility index (Phi) is 3.20. The van der Waals surface area contributed by atoms with Crippen molar-refractivity contribution in [3.63, 3.8) is 0 Å². The largest absolute Gasteiger partial charge is 0.379 e. The number of amides is 1. The highest BCUT2D eigenvalue weighted by molar-refractivity contribution is 5.98. The fourth-order valence-corrected chi connectivity index (χ4v) is 3.62. The van der Waals surface area contributed by atoms with Crippen molar-refractivity contribution in [1.29, 1.82) is 0 Å². The van der Waals surface area contributed by atoms with E-state index in [1.165, 1.54) is 0 Å². The molecule has 1 aromatic carbocycles. The van der Waals surface area contributed by atoms with Gasteiger partial charge >= 0.3 is 0 Å². The van der Waals surface area contributed by atoms with Crippen molar-refractivity contribution in [2.75, 3.05) is 26.8 Å². The Hall–Kier alpha value is -1.85. The van der Waals surface area contributed by atoms with Crippen LogP contribution in [0.3, 0.4) is 0 Å². The van der Waals surface area contributed by atoms with Crippen LogP contribution in [0.1, 0.15) is 23.2 Å². The molecule has 1 amide bonds. The first-order valence-corrected chi connectivity index (χ1v) is 7.72. The fourth-order valence-electron chi connectivity index (χ4n) is 3.62. The molecule has 1 spiro atoms. The molecule has 2 unspecified atom stereocenters. The summed E-state index contributed by atoms with van der Waals surface area (Å²) in [6, 6.07) is 7.82. The summed E-state index contributed by atoms with van der Waals surface area (Å²) in [5.74, 6) is 0.0813. The normalized spacial score (nSPS) is 28.0. The molecule has 0 aliphatic carbocycles. The van der Waals surface area contributed by atoms with Crippen molar-refractivity contribution in [2.45, 2.75) is 24.5 Å². The molecule has 3 heterocycles. The van der Waals surface area contributed by atoms with Gasteiger partial charge in [0.2, 0.25) is 0 Å². The molecule has 22 heavy (non-hydrogen) atoms. The predicted molar refractivity (Wildman–Crippen MR) is 82.9 cm³/mol. The lowest BCUT2D eigenvalue weighted by molar-refractivity contribution is 0.00702. The number of H-pyrrole nitrogens is 1. The molecule has 2 aliphatic rings. The number of rotatable bonds is 2. The third-order valence-corrected chi connectivity index (χ3v) is 4.91. The molecule has 5 nitrogen and oxygen atoms in total. The second-order valence-corrected chi connectivity index (χ2v) is 6.31. The first-order valence-electron chi connectivity index (χ1n) is 7.72. The van der Waals surface area contributed by atoms with E-state index in [1.54, 1.807) is 7.11 Å². The first-order chi connectivity index (χ1) is 10.7. The van der Waals surface area contributed by atoms with Gasteiger partial charge in [-0.3, -0.25) is 4.79 Å². The van der Waals surface area contributed by atoms with Crippen LogP contribution in [-0.4, -0.2) is 54.3 Å². The SMILES string of the molecule is COC1COC2(CCN(C(=O)c3ccc4cc[nH]c4c3)C2)C1. The van der Waals surface area contributed by atoms with Crippen LogP contribution in [0.2, 0.25) is 0 Å². The number of fused-ring (bicyclic) bond motifs is 1. The number of carbonyl (C=O) groups excluding carboxylic acids is 1. The van der Waals surface area contributed by atoms with Crippen LogP contribution < -0.4 is 0 Å². The van der Waals surface area contributed by atoms with Crippen LogP contribution in [0, 0.1) is 0 Å². The van der Waals surface area contributed by atoms with Gasteiger partial charge < -0.3 is 19.4 Å². The van der Waals surface area contributed by atoms with Gasteiger partial charge in [-0.2, -0.15) is 0 Å². The maximum absolute atomic E-state index is 12.7. The van der Waals surface area contributed by atoms with Gasteiger partial charge in [-0.1, -0.05) is 6.07 Å². The molecule has 2 saturated heterocycles. The highest BCUT2D eigenvalue weighted by atomic mass is 16.6. The molecular formula is C17H20N2O3. The minimum absolute atomic E-state index is 0.0813. The molecule has 2 atom stereocenters. The number of ether oxygens (including phenoxy) is 2. The van der Waals surface area contributed by atoms with Crippen LogP contribution in [0.4, 0.5) is 0 Å². The quantitative estimate of drug-likeness (QED) is 0.925. The van der Waals surface area contributed by atoms with Crippen LogP contribution in [0.5, 0.6) is 0 Å². The molecule has 2 fully saturated rings. The summed E-state index contributed by atoms with van der Waals surface area (Å²) >= 11 is 0. The lowest BCUT2D eigenvalue weighted by atomic mass is 9.98. The molecule has 2 aliphatic heterocycles. The Morgan fingerprint density at radius 2 is 2.36 bits per heavy atom. The molecule has 116 valence electrons. The lowest BCUT2D eigenvalue weighted by Crippen LogP contribution is -2.36. The zero-order chi connectivity index (χ0) is 15.2. The van der Waals surface area contributed by atoms with Gasteiger partial charge in [-0.15, -0.1) is 0 Å². The van der Waals surface area contributed by atoms with Crippen molar-refractivity contribution in [2.24, 2.45) is 0 Å². The highest BCUT2D eigenvalue weighted by Gasteiger charge is 2.46. The highest BCUT2D eigenvalue weighted by Crippen LogP contribution is 2.36. The van der Waals surface area contributed by atoms with E-state index in [4.69, 9.17) is 9.47 Å². The average molecular weight is 300 g/mol. The smallest absolute Gasteiger partial charge is 0.254 e. The van der Waals surface area contributed by atoms with Gasteiger partial charge in [-0.25, -0.2) is 0 Å². The Bertz CT molecular complexity index is 711. The summed E-state index contributed by atoms with van der Waals surface area (Å²) < 4.78 is 11.3. The summed E-state index contributed by atoms with van der Waals surface area (Å²) in [6.45, 7) is 2.04. The molecule has 1 aromatic heterocycles. The second kappa shape index (κ2) is 5.11. The third kappa shape index (κ3) is 2.21. The Morgan fingerprint density at radius 1 is 1.45 bits per heavy atom. The number of aromatic nitrogens is 1. The van der Waals surface area contributed by atoms with Crippen molar-refractivity contribution >= 4 is 16.8 Å². The summed E-state index contributed by atoms with van der Waals surface area (Å²) in [7, 11) is 1.72. The number of nitrogens with zero attached hydrogens (tertiary/aromatic N) is 1. The molecule has 0 radical (unpaired) electrons. The van der Waals surface area contributed by atoms with Crippen molar-refractivity contribution in [3.8, 4) is 0 Å². The van der Waals surface area contributed by atoms with Crippen LogP contribution in [0.15, 0.2) is 30.5 Å². The number of likely N-dealkylation sites (tertiary alicyclic amines) is 1. The topological polar surface area (TPSA) is 54.6 Å². The number of hydrogen-bond donors (Lipinski definition) is 1. The number of carbonyl (C=O) groups is 1. The maximum Gasteiger partial charge on any atom is 0.254 e. The van der Waals surface area contributed by atoms with Crippen LogP contribution in [-0.2, 0) is 9.47 Å². The molecule has 4 rings (SSSR count). The summed E-state index contributed by atoms with van der Waals surface area (Å²) in [6.07, 6.45) is 3.82. The van der Waals surface area contributed by atoms with Gasteiger partial charge in [-0.05, 0) is 30.0 Å². The van der Waals surface area contributed by atoms with Crippen molar-refractivity contribution < 1.29 is 14.3 Å². The molecule has 2 aromatic rings. The fraction of sp³-hybridized carbons (Fsp3) is 0.471. The minimum atomic E-state index is -0.202. The maximum atomic E-state index is 12.7. The van der Waals surface area contributed by atoms with Crippen molar-refractivity contribution in [3.05, 3.63) is 36.0 Å². The number of hydrogen-bond acceptors (Lipinski definition) is 3. The molecule has 0 saturated carbocycles. The van der Waals surface area contributed by atoms with Gasteiger partial charge in [0.15, 0.2) is 0 Å².